The number of carboxylic acid groups (broad SMARTS) is 1. The molecule has 1 amide bonds. The normalized spacial score (nSPS) is 12.0. The third-order valence-electron chi connectivity index (χ3n) is 2.40. The molecular formula is C11H18NO5-. The third-order valence-corrected chi connectivity index (χ3v) is 2.40. The van der Waals surface area contributed by atoms with Crippen molar-refractivity contribution >= 4 is 17.8 Å². The molecule has 0 spiro atoms. The van der Waals surface area contributed by atoms with Crippen molar-refractivity contribution in [1.82, 2.24) is 5.32 Å². The quantitative estimate of drug-likeness (QED) is 0.468. The molecule has 17 heavy (non-hydrogen) atoms. The lowest BCUT2D eigenvalue weighted by molar-refractivity contribution is -0.307. The van der Waals surface area contributed by atoms with Gasteiger partial charge in [0.25, 0.3) is 0 Å². The van der Waals surface area contributed by atoms with Crippen molar-refractivity contribution in [2.24, 2.45) is 5.92 Å². The minimum atomic E-state index is -1.73. The van der Waals surface area contributed by atoms with E-state index in [0.29, 0.717) is 12.8 Å². The van der Waals surface area contributed by atoms with E-state index in [1.807, 2.05) is 13.8 Å². The minimum absolute atomic E-state index is 0.0451. The number of hydrogen-bond acceptors (Lipinski definition) is 5. The van der Waals surface area contributed by atoms with E-state index in [9.17, 15) is 19.5 Å². The molecule has 0 bridgehead atoms. The van der Waals surface area contributed by atoms with Crippen LogP contribution < -0.4 is 10.4 Å². The zero-order valence-corrected chi connectivity index (χ0v) is 10.3. The average Bonchev–Trinajstić information content (AvgIpc) is 2.27. The highest BCUT2D eigenvalue weighted by atomic mass is 16.5. The van der Waals surface area contributed by atoms with Gasteiger partial charge < -0.3 is 20.0 Å². The van der Waals surface area contributed by atoms with Gasteiger partial charge in [-0.3, -0.25) is 4.79 Å². The fourth-order valence-corrected chi connectivity index (χ4v) is 1.36. The Hall–Kier alpha value is -1.59. The zero-order valence-electron chi connectivity index (χ0n) is 10.3. The summed E-state index contributed by atoms with van der Waals surface area (Å²) in [5.74, 6) is -3.46. The number of hydrogen-bond donors (Lipinski definition) is 1. The van der Waals surface area contributed by atoms with Crippen LogP contribution in [0.3, 0.4) is 0 Å². The van der Waals surface area contributed by atoms with Gasteiger partial charge in [0, 0.05) is 5.92 Å². The van der Waals surface area contributed by atoms with Crippen molar-refractivity contribution in [3.8, 4) is 0 Å². The lowest BCUT2D eigenvalue weighted by Gasteiger charge is -2.20. The van der Waals surface area contributed by atoms with Crippen LogP contribution in [-0.2, 0) is 19.1 Å². The Kier molecular flexibility index (Phi) is 6.93. The van der Waals surface area contributed by atoms with Crippen molar-refractivity contribution in [2.45, 2.75) is 39.7 Å². The highest BCUT2D eigenvalue weighted by Gasteiger charge is 2.25. The maximum atomic E-state index is 11.6. The number of ether oxygens (including phenoxy) is 1. The summed E-state index contributed by atoms with van der Waals surface area (Å²) >= 11 is 0. The fraction of sp³-hybridized carbons (Fsp3) is 0.727. The second kappa shape index (κ2) is 7.65. The van der Waals surface area contributed by atoms with Gasteiger partial charge >= 0.3 is 5.97 Å². The van der Waals surface area contributed by atoms with Gasteiger partial charge in [-0.15, -0.1) is 0 Å². The number of rotatable bonds is 7. The van der Waals surface area contributed by atoms with Crippen molar-refractivity contribution in [3.05, 3.63) is 0 Å². The molecule has 0 fully saturated rings. The Morgan fingerprint density at radius 2 is 1.71 bits per heavy atom. The number of aliphatic carboxylic acids is 1. The Balaban J connectivity index is 4.60. The van der Waals surface area contributed by atoms with Gasteiger partial charge in [-0.1, -0.05) is 13.8 Å². The summed E-state index contributed by atoms with van der Waals surface area (Å²) in [6.07, 6.45) is 1.15. The highest BCUT2D eigenvalue weighted by molar-refractivity contribution is 6.01. The number of carbonyl (C=O) groups is 3. The largest absolute Gasteiger partial charge is 0.547 e. The summed E-state index contributed by atoms with van der Waals surface area (Å²) in [5, 5.41) is 12.9. The van der Waals surface area contributed by atoms with Gasteiger partial charge in [-0.2, -0.15) is 0 Å². The van der Waals surface area contributed by atoms with Gasteiger partial charge in [-0.05, 0) is 19.8 Å². The molecule has 0 saturated carbocycles. The molecule has 0 aliphatic rings. The first kappa shape index (κ1) is 15.4. The van der Waals surface area contributed by atoms with E-state index in [0.717, 1.165) is 0 Å². The van der Waals surface area contributed by atoms with E-state index in [2.05, 4.69) is 10.1 Å². The SMILES string of the molecule is CCOC(=O)C(NC(=O)C(CC)CC)C(=O)[O-]. The van der Waals surface area contributed by atoms with Crippen LogP contribution in [0.4, 0.5) is 0 Å². The topological polar surface area (TPSA) is 95.5 Å². The monoisotopic (exact) mass is 244 g/mol. The zero-order chi connectivity index (χ0) is 13.4. The summed E-state index contributed by atoms with van der Waals surface area (Å²) in [6.45, 7) is 5.22. The minimum Gasteiger partial charge on any atom is -0.547 e. The molecular weight excluding hydrogens is 226 g/mol. The van der Waals surface area contributed by atoms with Gasteiger partial charge in [0.2, 0.25) is 5.91 Å². The lowest BCUT2D eigenvalue weighted by Crippen LogP contribution is -2.54. The second-order valence-electron chi connectivity index (χ2n) is 3.53. The number of nitrogens with one attached hydrogen (secondary N) is 1. The van der Waals surface area contributed by atoms with Crippen LogP contribution in [0.2, 0.25) is 0 Å². The molecule has 98 valence electrons. The summed E-state index contributed by atoms with van der Waals surface area (Å²) in [6, 6.07) is -1.73. The molecule has 1 N–H and O–H groups in total. The summed E-state index contributed by atoms with van der Waals surface area (Å²) < 4.78 is 4.54. The predicted octanol–water partition coefficient (Wildman–Crippen LogP) is -0.780. The Morgan fingerprint density at radius 3 is 2.06 bits per heavy atom. The van der Waals surface area contributed by atoms with Crippen molar-refractivity contribution in [3.63, 3.8) is 0 Å². The molecule has 1 unspecified atom stereocenters. The molecule has 0 aromatic rings. The first-order valence-corrected chi connectivity index (χ1v) is 5.65. The fourth-order valence-electron chi connectivity index (χ4n) is 1.36. The van der Waals surface area contributed by atoms with Crippen LogP contribution in [-0.4, -0.2) is 30.5 Å². The Morgan fingerprint density at radius 1 is 1.18 bits per heavy atom. The van der Waals surface area contributed by atoms with Crippen molar-refractivity contribution in [1.29, 1.82) is 0 Å². The molecule has 0 aliphatic heterocycles. The molecule has 1 atom stereocenters. The second-order valence-corrected chi connectivity index (χ2v) is 3.53. The summed E-state index contributed by atoms with van der Waals surface area (Å²) in [5.41, 5.74) is 0. The molecule has 0 aromatic heterocycles. The smallest absolute Gasteiger partial charge is 0.334 e. The number of carbonyl (C=O) groups excluding carboxylic acids is 3. The van der Waals surface area contributed by atoms with Crippen LogP contribution in [0.15, 0.2) is 0 Å². The summed E-state index contributed by atoms with van der Waals surface area (Å²) in [7, 11) is 0. The molecule has 0 rings (SSSR count). The first-order valence-electron chi connectivity index (χ1n) is 5.65. The highest BCUT2D eigenvalue weighted by Crippen LogP contribution is 2.07. The first-order chi connectivity index (χ1) is 7.97. The van der Waals surface area contributed by atoms with E-state index in [-0.39, 0.29) is 12.5 Å². The van der Waals surface area contributed by atoms with E-state index in [4.69, 9.17) is 0 Å². The Labute approximate surface area is 100 Å². The Bertz CT molecular complexity index is 286. The standard InChI is InChI=1S/C11H19NO5/c1-4-7(5-2)9(13)12-8(10(14)15)11(16)17-6-3/h7-8H,4-6H2,1-3H3,(H,12,13)(H,14,15)/p-1. The maximum Gasteiger partial charge on any atom is 0.334 e. The van der Waals surface area contributed by atoms with Crippen LogP contribution in [0.1, 0.15) is 33.6 Å². The third kappa shape index (κ3) is 4.84. The van der Waals surface area contributed by atoms with Crippen molar-refractivity contribution < 1.29 is 24.2 Å². The predicted molar refractivity (Wildman–Crippen MR) is 57.6 cm³/mol. The molecule has 0 aromatic carbocycles. The summed E-state index contributed by atoms with van der Waals surface area (Å²) in [4.78, 5) is 33.6. The molecule has 0 aliphatic carbocycles. The van der Waals surface area contributed by atoms with Gasteiger partial charge in [0.15, 0.2) is 6.04 Å². The molecule has 6 heteroatoms. The molecule has 0 radical (unpaired) electrons. The van der Waals surface area contributed by atoms with E-state index in [1.54, 1.807) is 6.92 Å². The van der Waals surface area contributed by atoms with Crippen molar-refractivity contribution in [2.75, 3.05) is 6.61 Å². The van der Waals surface area contributed by atoms with Crippen LogP contribution in [0.5, 0.6) is 0 Å². The molecule has 6 nitrogen and oxygen atoms in total. The van der Waals surface area contributed by atoms with Crippen LogP contribution in [0.25, 0.3) is 0 Å². The van der Waals surface area contributed by atoms with E-state index < -0.39 is 23.9 Å². The number of amides is 1. The molecule has 0 heterocycles. The lowest BCUT2D eigenvalue weighted by atomic mass is 10.0. The maximum absolute atomic E-state index is 11.6. The van der Waals surface area contributed by atoms with E-state index in [1.165, 1.54) is 0 Å². The van der Waals surface area contributed by atoms with Crippen LogP contribution >= 0.6 is 0 Å². The number of esters is 1. The molecule has 0 saturated heterocycles. The average molecular weight is 244 g/mol. The van der Waals surface area contributed by atoms with Gasteiger partial charge in [0.05, 0.1) is 12.6 Å². The van der Waals surface area contributed by atoms with Gasteiger partial charge in [-0.25, -0.2) is 4.79 Å². The number of carboxylic acids is 1. The van der Waals surface area contributed by atoms with E-state index >= 15 is 0 Å². The van der Waals surface area contributed by atoms with Gasteiger partial charge in [0.1, 0.15) is 0 Å². The van der Waals surface area contributed by atoms with Crippen LogP contribution in [0, 0.1) is 5.92 Å².